The van der Waals surface area contributed by atoms with Crippen molar-refractivity contribution in [1.82, 2.24) is 10.6 Å². The third-order valence-corrected chi connectivity index (χ3v) is 4.96. The second-order valence-electron chi connectivity index (χ2n) is 6.77. The van der Waals surface area contributed by atoms with E-state index in [4.69, 9.17) is 0 Å². The van der Waals surface area contributed by atoms with Crippen LogP contribution in [0.1, 0.15) is 77.6 Å². The molecule has 0 aromatic rings. The molecule has 4 heteroatoms. The lowest BCUT2D eigenvalue weighted by Crippen LogP contribution is -2.52. The first-order chi connectivity index (χ1) is 10.2. The van der Waals surface area contributed by atoms with E-state index in [1.165, 1.54) is 51.9 Å². The van der Waals surface area contributed by atoms with Gasteiger partial charge in [0.15, 0.2) is 0 Å². The van der Waals surface area contributed by atoms with E-state index < -0.39 is 0 Å². The molecule has 1 atom stereocenters. The predicted octanol–water partition coefficient (Wildman–Crippen LogP) is 2.91. The molecule has 0 spiro atoms. The Morgan fingerprint density at radius 3 is 1.95 bits per heavy atom. The largest absolute Gasteiger partial charge is 0.352 e. The van der Waals surface area contributed by atoms with Crippen LogP contribution < -0.4 is 10.6 Å². The smallest absolute Gasteiger partial charge is 0.243 e. The minimum absolute atomic E-state index is 0.0441. The van der Waals surface area contributed by atoms with E-state index in [1.54, 1.807) is 0 Å². The zero-order chi connectivity index (χ0) is 15.1. The standard InChI is InChI=1S/C17H30N2O2/c1-13(20)18-16(14-9-7-8-10-14)17(21)19-15-11-5-3-2-4-6-12-15/h14-16H,2-12H2,1H3,(H,18,20)(H,19,21). The van der Waals surface area contributed by atoms with Crippen molar-refractivity contribution in [3.8, 4) is 0 Å². The summed E-state index contributed by atoms with van der Waals surface area (Å²) >= 11 is 0. The molecule has 0 heterocycles. The van der Waals surface area contributed by atoms with Crippen molar-refractivity contribution in [1.29, 1.82) is 0 Å². The van der Waals surface area contributed by atoms with E-state index in [2.05, 4.69) is 10.6 Å². The molecule has 21 heavy (non-hydrogen) atoms. The fourth-order valence-electron chi connectivity index (χ4n) is 3.80. The molecule has 2 fully saturated rings. The first-order valence-electron chi connectivity index (χ1n) is 8.74. The van der Waals surface area contributed by atoms with Crippen LogP contribution >= 0.6 is 0 Å². The highest BCUT2D eigenvalue weighted by atomic mass is 16.2. The fraction of sp³-hybridized carbons (Fsp3) is 0.882. The minimum atomic E-state index is -0.324. The van der Waals surface area contributed by atoms with Crippen LogP contribution in [0.4, 0.5) is 0 Å². The molecule has 2 saturated carbocycles. The molecular formula is C17H30N2O2. The zero-order valence-corrected chi connectivity index (χ0v) is 13.3. The second kappa shape index (κ2) is 8.40. The number of carbonyl (C=O) groups is 2. The molecule has 0 aliphatic heterocycles. The third kappa shape index (κ3) is 5.33. The lowest BCUT2D eigenvalue weighted by Gasteiger charge is -2.27. The molecule has 0 aromatic heterocycles. The van der Waals surface area contributed by atoms with Crippen molar-refractivity contribution in [2.24, 2.45) is 5.92 Å². The zero-order valence-electron chi connectivity index (χ0n) is 13.3. The van der Waals surface area contributed by atoms with Gasteiger partial charge in [0.25, 0.3) is 0 Å². The lowest BCUT2D eigenvalue weighted by atomic mass is 9.94. The topological polar surface area (TPSA) is 58.2 Å². The first kappa shape index (κ1) is 16.3. The van der Waals surface area contributed by atoms with Gasteiger partial charge in [0.05, 0.1) is 0 Å². The minimum Gasteiger partial charge on any atom is -0.352 e. The molecule has 0 saturated heterocycles. The van der Waals surface area contributed by atoms with E-state index in [1.807, 2.05) is 0 Å². The quantitative estimate of drug-likeness (QED) is 0.837. The summed E-state index contributed by atoms with van der Waals surface area (Å²) in [5, 5.41) is 6.10. The summed E-state index contributed by atoms with van der Waals surface area (Å²) in [6, 6.07) is -0.0223. The lowest BCUT2D eigenvalue weighted by molar-refractivity contribution is -0.130. The number of hydrogen-bond acceptors (Lipinski definition) is 2. The van der Waals surface area contributed by atoms with Crippen LogP contribution in [0.2, 0.25) is 0 Å². The van der Waals surface area contributed by atoms with Gasteiger partial charge < -0.3 is 10.6 Å². The van der Waals surface area contributed by atoms with Gasteiger partial charge in [-0.25, -0.2) is 0 Å². The van der Waals surface area contributed by atoms with E-state index in [-0.39, 0.29) is 17.9 Å². The maximum absolute atomic E-state index is 12.6. The van der Waals surface area contributed by atoms with Crippen LogP contribution in [0.5, 0.6) is 0 Å². The van der Waals surface area contributed by atoms with Crippen molar-refractivity contribution in [3.63, 3.8) is 0 Å². The summed E-state index contributed by atoms with van der Waals surface area (Å²) in [5.74, 6) is 0.268. The van der Waals surface area contributed by atoms with Crippen molar-refractivity contribution >= 4 is 11.8 Å². The van der Waals surface area contributed by atoms with E-state index >= 15 is 0 Å². The Morgan fingerprint density at radius 1 is 0.857 bits per heavy atom. The van der Waals surface area contributed by atoms with Gasteiger partial charge >= 0.3 is 0 Å². The van der Waals surface area contributed by atoms with Gasteiger partial charge in [-0.1, -0.05) is 44.9 Å². The van der Waals surface area contributed by atoms with Crippen molar-refractivity contribution < 1.29 is 9.59 Å². The summed E-state index contributed by atoms with van der Waals surface area (Å²) in [6.45, 7) is 1.51. The van der Waals surface area contributed by atoms with Crippen LogP contribution in [-0.4, -0.2) is 23.9 Å². The Morgan fingerprint density at radius 2 is 1.38 bits per heavy atom. The SMILES string of the molecule is CC(=O)NC(C(=O)NC1CCCCCCC1)C1CCCC1. The van der Waals surface area contributed by atoms with Crippen molar-refractivity contribution in [2.45, 2.75) is 89.6 Å². The maximum Gasteiger partial charge on any atom is 0.243 e. The van der Waals surface area contributed by atoms with E-state index in [0.717, 1.165) is 25.7 Å². The average Bonchev–Trinajstić information content (AvgIpc) is 2.92. The molecule has 0 radical (unpaired) electrons. The molecule has 2 amide bonds. The summed E-state index contributed by atoms with van der Waals surface area (Å²) in [5.41, 5.74) is 0. The second-order valence-corrected chi connectivity index (χ2v) is 6.77. The molecule has 120 valence electrons. The molecular weight excluding hydrogens is 264 g/mol. The number of amides is 2. The van der Waals surface area contributed by atoms with E-state index in [0.29, 0.717) is 12.0 Å². The fourth-order valence-corrected chi connectivity index (χ4v) is 3.80. The number of hydrogen-bond donors (Lipinski definition) is 2. The summed E-state index contributed by atoms with van der Waals surface area (Å²) in [6.07, 6.45) is 13.0. The Bertz CT molecular complexity index is 343. The highest BCUT2D eigenvalue weighted by molar-refractivity contribution is 5.87. The van der Waals surface area contributed by atoms with Gasteiger partial charge in [0, 0.05) is 13.0 Å². The Balaban J connectivity index is 1.91. The van der Waals surface area contributed by atoms with Crippen LogP contribution in [-0.2, 0) is 9.59 Å². The normalized spacial score (nSPS) is 23.1. The maximum atomic E-state index is 12.6. The monoisotopic (exact) mass is 294 g/mol. The van der Waals surface area contributed by atoms with Gasteiger partial charge in [0.2, 0.25) is 11.8 Å². The van der Waals surface area contributed by atoms with Gasteiger partial charge in [-0.3, -0.25) is 9.59 Å². The molecule has 2 aliphatic rings. The average molecular weight is 294 g/mol. The molecule has 2 aliphatic carbocycles. The first-order valence-corrected chi connectivity index (χ1v) is 8.74. The summed E-state index contributed by atoms with van der Waals surface area (Å²) in [7, 11) is 0. The Hall–Kier alpha value is -1.06. The number of nitrogens with one attached hydrogen (secondary N) is 2. The van der Waals surface area contributed by atoms with Gasteiger partial charge in [-0.05, 0) is 31.6 Å². The predicted molar refractivity (Wildman–Crippen MR) is 83.8 cm³/mol. The molecule has 2 N–H and O–H groups in total. The highest BCUT2D eigenvalue weighted by Gasteiger charge is 2.32. The van der Waals surface area contributed by atoms with Gasteiger partial charge in [-0.2, -0.15) is 0 Å². The van der Waals surface area contributed by atoms with Crippen LogP contribution in [0.25, 0.3) is 0 Å². The van der Waals surface area contributed by atoms with Crippen LogP contribution in [0.15, 0.2) is 0 Å². The highest BCUT2D eigenvalue weighted by Crippen LogP contribution is 2.28. The van der Waals surface area contributed by atoms with Crippen LogP contribution in [0.3, 0.4) is 0 Å². The number of carbonyl (C=O) groups excluding carboxylic acids is 2. The summed E-state index contributed by atoms with van der Waals surface area (Å²) < 4.78 is 0. The van der Waals surface area contributed by atoms with Gasteiger partial charge in [0.1, 0.15) is 6.04 Å². The van der Waals surface area contributed by atoms with E-state index in [9.17, 15) is 9.59 Å². The van der Waals surface area contributed by atoms with Crippen LogP contribution in [0, 0.1) is 5.92 Å². The van der Waals surface area contributed by atoms with Crippen molar-refractivity contribution in [2.75, 3.05) is 0 Å². The number of rotatable bonds is 4. The molecule has 4 nitrogen and oxygen atoms in total. The van der Waals surface area contributed by atoms with Gasteiger partial charge in [-0.15, -0.1) is 0 Å². The summed E-state index contributed by atoms with van der Waals surface area (Å²) in [4.78, 5) is 24.0. The Labute approximate surface area is 128 Å². The Kier molecular flexibility index (Phi) is 6.52. The molecule has 1 unspecified atom stereocenters. The molecule has 0 bridgehead atoms. The molecule has 2 rings (SSSR count). The third-order valence-electron chi connectivity index (χ3n) is 4.96. The van der Waals surface area contributed by atoms with Crippen molar-refractivity contribution in [3.05, 3.63) is 0 Å². The molecule has 0 aromatic carbocycles.